The molecular weight excluding hydrogens is 288 g/mol. The highest BCUT2D eigenvalue weighted by molar-refractivity contribution is 5.22. The van der Waals surface area contributed by atoms with E-state index in [1.165, 1.54) is 24.6 Å². The van der Waals surface area contributed by atoms with Crippen molar-refractivity contribution < 1.29 is 18.6 Å². The number of rotatable bonds is 6. The van der Waals surface area contributed by atoms with Gasteiger partial charge in [0.25, 0.3) is 0 Å². The Morgan fingerprint density at radius 1 is 1.36 bits per heavy atom. The SMILES string of the molecule is CCOC1CC(NCC(O)c2c(F)cccc2F)C12CCC2. The molecule has 0 radical (unpaired) electrons. The van der Waals surface area contributed by atoms with Gasteiger partial charge in [-0.1, -0.05) is 12.5 Å². The number of halogens is 2. The summed E-state index contributed by atoms with van der Waals surface area (Å²) < 4.78 is 33.1. The van der Waals surface area contributed by atoms with Gasteiger partial charge in [-0.05, 0) is 38.3 Å². The highest BCUT2D eigenvalue weighted by Gasteiger charge is 2.58. The Morgan fingerprint density at radius 3 is 2.59 bits per heavy atom. The summed E-state index contributed by atoms with van der Waals surface area (Å²) in [7, 11) is 0. The van der Waals surface area contributed by atoms with Crippen LogP contribution in [0.1, 0.15) is 44.3 Å². The topological polar surface area (TPSA) is 41.5 Å². The average Bonchev–Trinajstić information content (AvgIpc) is 2.40. The lowest BCUT2D eigenvalue weighted by molar-refractivity contribution is -0.173. The van der Waals surface area contributed by atoms with Crippen molar-refractivity contribution in [2.24, 2.45) is 5.41 Å². The molecule has 2 aliphatic carbocycles. The van der Waals surface area contributed by atoms with Gasteiger partial charge in [-0.3, -0.25) is 0 Å². The summed E-state index contributed by atoms with van der Waals surface area (Å²) >= 11 is 0. The van der Waals surface area contributed by atoms with E-state index in [-0.39, 0.29) is 29.7 Å². The van der Waals surface area contributed by atoms with E-state index in [0.29, 0.717) is 6.61 Å². The quantitative estimate of drug-likeness (QED) is 0.849. The van der Waals surface area contributed by atoms with Crippen molar-refractivity contribution in [3.63, 3.8) is 0 Å². The maximum Gasteiger partial charge on any atom is 0.131 e. The van der Waals surface area contributed by atoms with E-state index < -0.39 is 17.7 Å². The predicted molar refractivity (Wildman–Crippen MR) is 79.4 cm³/mol. The third-order valence-electron chi connectivity index (χ3n) is 5.33. The zero-order chi connectivity index (χ0) is 15.7. The first-order valence-electron chi connectivity index (χ1n) is 8.05. The number of aliphatic hydroxyl groups is 1. The minimum atomic E-state index is -1.18. The molecule has 1 aromatic carbocycles. The van der Waals surface area contributed by atoms with Crippen molar-refractivity contribution in [3.05, 3.63) is 35.4 Å². The highest BCUT2D eigenvalue weighted by atomic mass is 19.1. The second-order valence-corrected chi connectivity index (χ2v) is 6.38. The number of nitrogens with one attached hydrogen (secondary N) is 1. The molecule has 122 valence electrons. The van der Waals surface area contributed by atoms with Crippen LogP contribution < -0.4 is 5.32 Å². The van der Waals surface area contributed by atoms with E-state index >= 15 is 0 Å². The minimum Gasteiger partial charge on any atom is -0.387 e. The van der Waals surface area contributed by atoms with E-state index in [2.05, 4.69) is 5.32 Å². The van der Waals surface area contributed by atoms with Crippen LogP contribution in [0, 0.1) is 17.0 Å². The van der Waals surface area contributed by atoms with Crippen LogP contribution in [0.15, 0.2) is 18.2 Å². The van der Waals surface area contributed by atoms with E-state index in [1.807, 2.05) is 6.92 Å². The third-order valence-corrected chi connectivity index (χ3v) is 5.33. The van der Waals surface area contributed by atoms with E-state index in [9.17, 15) is 13.9 Å². The molecule has 2 fully saturated rings. The summed E-state index contributed by atoms with van der Waals surface area (Å²) in [6.07, 6.45) is 3.46. The van der Waals surface area contributed by atoms with Crippen LogP contribution in [-0.4, -0.2) is 30.4 Å². The number of aliphatic hydroxyl groups excluding tert-OH is 1. The van der Waals surface area contributed by atoms with Crippen molar-refractivity contribution in [2.45, 2.75) is 50.9 Å². The van der Waals surface area contributed by atoms with Gasteiger partial charge in [0, 0.05) is 24.6 Å². The zero-order valence-corrected chi connectivity index (χ0v) is 12.8. The predicted octanol–water partition coefficient (Wildman–Crippen LogP) is 2.94. The Hall–Kier alpha value is -1.04. The molecule has 2 N–H and O–H groups in total. The van der Waals surface area contributed by atoms with Crippen molar-refractivity contribution in [3.8, 4) is 0 Å². The lowest BCUT2D eigenvalue weighted by Gasteiger charge is -2.61. The van der Waals surface area contributed by atoms with Gasteiger partial charge in [-0.15, -0.1) is 0 Å². The minimum absolute atomic E-state index is 0.156. The van der Waals surface area contributed by atoms with Crippen LogP contribution in [0.2, 0.25) is 0 Å². The zero-order valence-electron chi connectivity index (χ0n) is 12.8. The molecule has 1 aromatic rings. The Bertz CT molecular complexity index is 513. The van der Waals surface area contributed by atoms with Crippen LogP contribution in [0.25, 0.3) is 0 Å². The summed E-state index contributed by atoms with van der Waals surface area (Å²) in [6, 6.07) is 3.91. The molecule has 5 heteroatoms. The van der Waals surface area contributed by atoms with Gasteiger partial charge in [0.1, 0.15) is 11.6 Å². The van der Waals surface area contributed by atoms with Crippen LogP contribution in [0.3, 0.4) is 0 Å². The Morgan fingerprint density at radius 2 is 2.05 bits per heavy atom. The molecule has 1 spiro atoms. The molecule has 0 saturated heterocycles. The highest BCUT2D eigenvalue weighted by Crippen LogP contribution is 2.57. The molecule has 3 nitrogen and oxygen atoms in total. The fourth-order valence-corrected chi connectivity index (χ4v) is 3.91. The number of ether oxygens (including phenoxy) is 1. The largest absolute Gasteiger partial charge is 0.387 e. The lowest BCUT2D eigenvalue weighted by Crippen LogP contribution is -2.67. The fraction of sp³-hybridized carbons (Fsp3) is 0.647. The first kappa shape index (κ1) is 15.8. The first-order chi connectivity index (χ1) is 10.6. The Kier molecular flexibility index (Phi) is 4.48. The van der Waals surface area contributed by atoms with E-state index in [0.717, 1.165) is 19.3 Å². The van der Waals surface area contributed by atoms with Crippen molar-refractivity contribution in [2.75, 3.05) is 13.2 Å². The van der Waals surface area contributed by atoms with Gasteiger partial charge in [-0.25, -0.2) is 8.78 Å². The standard InChI is InChI=1S/C17H23F2NO2/c1-2-22-15-9-14(17(15)7-4-8-17)20-10-13(21)16-11(18)5-3-6-12(16)19/h3,5-6,13-15,20-21H,2,4,7-10H2,1H3. The number of hydrogen-bond acceptors (Lipinski definition) is 3. The molecule has 2 aliphatic rings. The van der Waals surface area contributed by atoms with E-state index in [1.54, 1.807) is 0 Å². The molecule has 2 saturated carbocycles. The number of benzene rings is 1. The second kappa shape index (κ2) is 6.22. The van der Waals surface area contributed by atoms with Gasteiger partial charge in [0.2, 0.25) is 0 Å². The van der Waals surface area contributed by atoms with Crippen LogP contribution in [0.5, 0.6) is 0 Å². The smallest absolute Gasteiger partial charge is 0.131 e. The van der Waals surface area contributed by atoms with Gasteiger partial charge in [0.05, 0.1) is 17.8 Å². The molecule has 0 amide bonds. The molecule has 0 heterocycles. The van der Waals surface area contributed by atoms with Crippen LogP contribution in [-0.2, 0) is 4.74 Å². The summed E-state index contributed by atoms with van der Waals surface area (Å²) in [5, 5.41) is 13.4. The molecule has 3 rings (SSSR count). The van der Waals surface area contributed by atoms with Crippen molar-refractivity contribution in [1.82, 2.24) is 5.32 Å². The molecule has 3 unspecified atom stereocenters. The third kappa shape index (κ3) is 2.55. The van der Waals surface area contributed by atoms with Gasteiger partial charge in [-0.2, -0.15) is 0 Å². The summed E-state index contributed by atoms with van der Waals surface area (Å²) in [4.78, 5) is 0. The van der Waals surface area contributed by atoms with Gasteiger partial charge >= 0.3 is 0 Å². The average molecular weight is 311 g/mol. The van der Waals surface area contributed by atoms with Crippen LogP contribution >= 0.6 is 0 Å². The Labute approximate surface area is 129 Å². The molecule has 0 aliphatic heterocycles. The summed E-state index contributed by atoms with van der Waals surface area (Å²) in [5.41, 5.74) is -0.0814. The second-order valence-electron chi connectivity index (χ2n) is 6.38. The van der Waals surface area contributed by atoms with E-state index in [4.69, 9.17) is 4.74 Å². The van der Waals surface area contributed by atoms with Gasteiger partial charge in [0.15, 0.2) is 0 Å². The van der Waals surface area contributed by atoms with Crippen molar-refractivity contribution in [1.29, 1.82) is 0 Å². The molecular formula is C17H23F2NO2. The fourth-order valence-electron chi connectivity index (χ4n) is 3.91. The first-order valence-corrected chi connectivity index (χ1v) is 8.05. The molecule has 0 aromatic heterocycles. The number of hydrogen-bond donors (Lipinski definition) is 2. The lowest BCUT2D eigenvalue weighted by atomic mass is 9.51. The maximum absolute atomic E-state index is 13.7. The molecule has 22 heavy (non-hydrogen) atoms. The maximum atomic E-state index is 13.7. The summed E-state index contributed by atoms with van der Waals surface area (Å²) in [6.45, 7) is 2.86. The Balaban J connectivity index is 1.59. The van der Waals surface area contributed by atoms with Crippen LogP contribution in [0.4, 0.5) is 8.78 Å². The van der Waals surface area contributed by atoms with Gasteiger partial charge < -0.3 is 15.2 Å². The molecule has 0 bridgehead atoms. The molecule has 3 atom stereocenters. The monoisotopic (exact) mass is 311 g/mol. The van der Waals surface area contributed by atoms with Crippen molar-refractivity contribution >= 4 is 0 Å². The summed E-state index contributed by atoms with van der Waals surface area (Å²) in [5.74, 6) is -1.40. The normalized spacial score (nSPS) is 27.3.